The van der Waals surface area contributed by atoms with Gasteiger partial charge in [0.1, 0.15) is 11.6 Å². The minimum absolute atomic E-state index is 0.155. The van der Waals surface area contributed by atoms with Crippen LogP contribution in [-0.4, -0.2) is 0 Å². The Labute approximate surface area is 136 Å². The van der Waals surface area contributed by atoms with E-state index in [-0.39, 0.29) is 11.6 Å². The van der Waals surface area contributed by atoms with Crippen molar-refractivity contribution in [2.24, 2.45) is 0 Å². The molecule has 0 saturated heterocycles. The first-order chi connectivity index (χ1) is 11.2. The minimum atomic E-state index is -0.299. The van der Waals surface area contributed by atoms with Crippen molar-refractivity contribution in [3.05, 3.63) is 70.8 Å². The molecule has 0 atom stereocenters. The van der Waals surface area contributed by atoms with Crippen molar-refractivity contribution in [1.82, 2.24) is 0 Å². The SMILES string of the molecule is CCCCCC1=CCc2c(ccc(-c3ccc(F)cc3)c2F)C1. The van der Waals surface area contributed by atoms with Crippen molar-refractivity contribution in [2.75, 3.05) is 0 Å². The van der Waals surface area contributed by atoms with Crippen molar-refractivity contribution in [2.45, 2.75) is 45.4 Å². The van der Waals surface area contributed by atoms with Gasteiger partial charge in [-0.15, -0.1) is 0 Å². The predicted molar refractivity (Wildman–Crippen MR) is 91.4 cm³/mol. The van der Waals surface area contributed by atoms with Crippen LogP contribution in [0.3, 0.4) is 0 Å². The third-order valence-electron chi connectivity index (χ3n) is 4.61. The fraction of sp³-hybridized carbons (Fsp3) is 0.333. The summed E-state index contributed by atoms with van der Waals surface area (Å²) in [6, 6.07) is 9.88. The van der Waals surface area contributed by atoms with Gasteiger partial charge in [-0.1, -0.05) is 55.7 Å². The van der Waals surface area contributed by atoms with Crippen LogP contribution in [0.1, 0.15) is 43.7 Å². The van der Waals surface area contributed by atoms with Crippen LogP contribution in [0.25, 0.3) is 11.1 Å². The van der Waals surface area contributed by atoms with Gasteiger partial charge < -0.3 is 0 Å². The molecule has 1 aliphatic carbocycles. The number of fused-ring (bicyclic) bond motifs is 1. The first kappa shape index (κ1) is 15.9. The fourth-order valence-electron chi connectivity index (χ4n) is 3.26. The van der Waals surface area contributed by atoms with Gasteiger partial charge in [0.25, 0.3) is 0 Å². The average Bonchev–Trinajstić information content (AvgIpc) is 2.56. The molecule has 0 radical (unpaired) electrons. The highest BCUT2D eigenvalue weighted by Crippen LogP contribution is 2.32. The summed E-state index contributed by atoms with van der Waals surface area (Å²) in [7, 11) is 0. The maximum Gasteiger partial charge on any atom is 0.134 e. The number of hydrogen-bond acceptors (Lipinski definition) is 0. The summed E-state index contributed by atoms with van der Waals surface area (Å²) in [5, 5.41) is 0. The highest BCUT2D eigenvalue weighted by atomic mass is 19.1. The predicted octanol–water partition coefficient (Wildman–Crippen LogP) is 6.24. The van der Waals surface area contributed by atoms with Crippen LogP contribution < -0.4 is 0 Å². The Balaban J connectivity index is 1.83. The normalized spacial score (nSPS) is 13.6. The van der Waals surface area contributed by atoms with E-state index in [4.69, 9.17) is 0 Å². The molecule has 0 heterocycles. The molecule has 0 N–H and O–H groups in total. The molecule has 3 rings (SSSR count). The molecule has 23 heavy (non-hydrogen) atoms. The summed E-state index contributed by atoms with van der Waals surface area (Å²) in [6.45, 7) is 2.21. The Hall–Kier alpha value is -1.96. The monoisotopic (exact) mass is 312 g/mol. The number of allylic oxidation sites excluding steroid dienone is 2. The zero-order valence-corrected chi connectivity index (χ0v) is 13.5. The lowest BCUT2D eigenvalue weighted by atomic mass is 9.86. The van der Waals surface area contributed by atoms with Crippen LogP contribution in [0, 0.1) is 11.6 Å². The van der Waals surface area contributed by atoms with Crippen molar-refractivity contribution >= 4 is 0 Å². The van der Waals surface area contributed by atoms with E-state index in [2.05, 4.69) is 13.0 Å². The smallest absolute Gasteiger partial charge is 0.134 e. The third kappa shape index (κ3) is 3.52. The third-order valence-corrected chi connectivity index (χ3v) is 4.61. The largest absolute Gasteiger partial charge is 0.207 e. The van der Waals surface area contributed by atoms with Crippen molar-refractivity contribution in [1.29, 1.82) is 0 Å². The topological polar surface area (TPSA) is 0 Å². The van der Waals surface area contributed by atoms with Gasteiger partial charge >= 0.3 is 0 Å². The molecule has 2 aromatic carbocycles. The number of hydrogen-bond donors (Lipinski definition) is 0. The van der Waals surface area contributed by atoms with E-state index in [9.17, 15) is 8.78 Å². The summed E-state index contributed by atoms with van der Waals surface area (Å²) < 4.78 is 27.9. The van der Waals surface area contributed by atoms with Gasteiger partial charge in [0.15, 0.2) is 0 Å². The van der Waals surface area contributed by atoms with Gasteiger partial charge in [0.2, 0.25) is 0 Å². The van der Waals surface area contributed by atoms with Gasteiger partial charge in [-0.25, -0.2) is 8.78 Å². The van der Waals surface area contributed by atoms with Crippen LogP contribution in [0.5, 0.6) is 0 Å². The van der Waals surface area contributed by atoms with E-state index in [1.165, 1.54) is 37.0 Å². The molecule has 0 amide bonds. The Morgan fingerprint density at radius 2 is 1.74 bits per heavy atom. The Kier molecular flexibility index (Phi) is 4.90. The summed E-state index contributed by atoms with van der Waals surface area (Å²) in [5.41, 5.74) is 4.62. The van der Waals surface area contributed by atoms with E-state index >= 15 is 0 Å². The number of benzene rings is 2. The summed E-state index contributed by atoms with van der Waals surface area (Å²) >= 11 is 0. The lowest BCUT2D eigenvalue weighted by molar-refractivity contribution is 0.611. The Morgan fingerprint density at radius 1 is 0.957 bits per heavy atom. The molecule has 0 aromatic heterocycles. The zero-order valence-electron chi connectivity index (χ0n) is 13.5. The van der Waals surface area contributed by atoms with E-state index < -0.39 is 0 Å². The van der Waals surface area contributed by atoms with Crippen LogP contribution in [-0.2, 0) is 12.8 Å². The molecule has 120 valence electrons. The first-order valence-corrected chi connectivity index (χ1v) is 8.43. The second-order valence-corrected chi connectivity index (χ2v) is 6.27. The summed E-state index contributed by atoms with van der Waals surface area (Å²) in [5.74, 6) is -0.454. The van der Waals surface area contributed by atoms with Gasteiger partial charge in [0.05, 0.1) is 0 Å². The molecule has 0 aliphatic heterocycles. The maximum atomic E-state index is 14.9. The highest BCUT2D eigenvalue weighted by molar-refractivity contribution is 5.66. The Morgan fingerprint density at radius 3 is 2.48 bits per heavy atom. The van der Waals surface area contributed by atoms with E-state index in [0.29, 0.717) is 12.0 Å². The van der Waals surface area contributed by atoms with Gasteiger partial charge in [-0.3, -0.25) is 0 Å². The van der Waals surface area contributed by atoms with Gasteiger partial charge in [-0.2, -0.15) is 0 Å². The maximum absolute atomic E-state index is 14.9. The molecule has 2 heteroatoms. The Bertz CT molecular complexity index is 711. The van der Waals surface area contributed by atoms with Crippen molar-refractivity contribution in [3.8, 4) is 11.1 Å². The second-order valence-electron chi connectivity index (χ2n) is 6.27. The van der Waals surface area contributed by atoms with Crippen LogP contribution >= 0.6 is 0 Å². The molecular weight excluding hydrogens is 290 g/mol. The fourth-order valence-corrected chi connectivity index (χ4v) is 3.26. The van der Waals surface area contributed by atoms with Crippen LogP contribution in [0.2, 0.25) is 0 Å². The van der Waals surface area contributed by atoms with Crippen LogP contribution in [0.15, 0.2) is 48.0 Å². The van der Waals surface area contributed by atoms with Crippen molar-refractivity contribution in [3.63, 3.8) is 0 Å². The summed E-state index contributed by atoms with van der Waals surface area (Å²) in [4.78, 5) is 0. The van der Waals surface area contributed by atoms with Crippen LogP contribution in [0.4, 0.5) is 8.78 Å². The van der Waals surface area contributed by atoms with E-state index in [1.54, 1.807) is 12.1 Å². The first-order valence-electron chi connectivity index (χ1n) is 8.43. The number of unbranched alkanes of at least 4 members (excludes halogenated alkanes) is 2. The molecule has 0 unspecified atom stereocenters. The molecule has 0 fully saturated rings. The van der Waals surface area contributed by atoms with E-state index in [0.717, 1.165) is 29.5 Å². The zero-order chi connectivity index (χ0) is 16.2. The molecule has 0 spiro atoms. The lowest BCUT2D eigenvalue weighted by Gasteiger charge is -2.19. The van der Waals surface area contributed by atoms with Gasteiger partial charge in [0, 0.05) is 5.56 Å². The molecular formula is C21H22F2. The standard InChI is InChI=1S/C21H22F2/c1-2-3-4-5-15-6-12-20-17(14-15)9-13-19(21(20)23)16-7-10-18(22)11-8-16/h6-11,13H,2-5,12,14H2,1H3. The average molecular weight is 312 g/mol. The number of halogens is 2. The highest BCUT2D eigenvalue weighted by Gasteiger charge is 2.18. The molecule has 0 bridgehead atoms. The molecule has 0 saturated carbocycles. The number of rotatable bonds is 5. The molecule has 0 nitrogen and oxygen atoms in total. The molecule has 1 aliphatic rings. The lowest BCUT2D eigenvalue weighted by Crippen LogP contribution is -2.07. The quantitative estimate of drug-likeness (QED) is 0.453. The molecule has 2 aromatic rings. The second kappa shape index (κ2) is 7.08. The summed E-state index contributed by atoms with van der Waals surface area (Å²) in [6.07, 6.45) is 8.52. The minimum Gasteiger partial charge on any atom is -0.207 e. The van der Waals surface area contributed by atoms with E-state index in [1.807, 2.05) is 12.1 Å². The van der Waals surface area contributed by atoms with Gasteiger partial charge in [-0.05, 0) is 54.5 Å². The van der Waals surface area contributed by atoms with Crippen molar-refractivity contribution < 1.29 is 8.78 Å².